The zero-order valence-electron chi connectivity index (χ0n) is 12.6. The smallest absolute Gasteiger partial charge is 0.236 e. The lowest BCUT2D eigenvalue weighted by atomic mass is 10.2. The maximum atomic E-state index is 12.0. The normalized spacial score (nSPS) is 14.9. The fourth-order valence-corrected chi connectivity index (χ4v) is 2.23. The Bertz CT molecular complexity index is 473. The number of hydrogen-bond acceptors (Lipinski definition) is 5. The van der Waals surface area contributed by atoms with E-state index in [1.54, 1.807) is 14.2 Å². The predicted molar refractivity (Wildman–Crippen MR) is 78.7 cm³/mol. The van der Waals surface area contributed by atoms with Crippen molar-refractivity contribution in [1.82, 2.24) is 10.2 Å². The summed E-state index contributed by atoms with van der Waals surface area (Å²) in [5.41, 5.74) is 0.994. The van der Waals surface area contributed by atoms with Gasteiger partial charge in [0.05, 0.1) is 34.0 Å². The molecule has 6 heteroatoms. The second-order valence-electron chi connectivity index (χ2n) is 4.77. The quantitative estimate of drug-likeness (QED) is 0.835. The molecule has 6 nitrogen and oxygen atoms in total. The van der Waals surface area contributed by atoms with Crippen LogP contribution < -0.4 is 14.8 Å². The zero-order chi connectivity index (χ0) is 15.1. The first kappa shape index (κ1) is 15.6. The van der Waals surface area contributed by atoms with Crippen molar-refractivity contribution in [3.8, 4) is 11.5 Å². The molecule has 0 aliphatic carbocycles. The molecule has 1 aliphatic rings. The van der Waals surface area contributed by atoms with Gasteiger partial charge in [0.1, 0.15) is 11.5 Å². The molecule has 1 fully saturated rings. The van der Waals surface area contributed by atoms with Crippen molar-refractivity contribution in [3.63, 3.8) is 0 Å². The molecule has 1 amide bonds. The van der Waals surface area contributed by atoms with Crippen molar-refractivity contribution in [2.45, 2.75) is 6.54 Å². The van der Waals surface area contributed by atoms with E-state index < -0.39 is 0 Å². The fraction of sp³-hybridized carbons (Fsp3) is 0.533. The summed E-state index contributed by atoms with van der Waals surface area (Å²) in [5.74, 6) is 1.60. The van der Waals surface area contributed by atoms with Gasteiger partial charge in [-0.2, -0.15) is 0 Å². The monoisotopic (exact) mass is 294 g/mol. The highest BCUT2D eigenvalue weighted by molar-refractivity contribution is 5.78. The summed E-state index contributed by atoms with van der Waals surface area (Å²) in [6, 6.07) is 5.65. The van der Waals surface area contributed by atoms with Crippen LogP contribution in [0, 0.1) is 0 Å². The molecule has 1 heterocycles. The van der Waals surface area contributed by atoms with E-state index in [1.165, 1.54) is 0 Å². The molecule has 0 saturated carbocycles. The van der Waals surface area contributed by atoms with Gasteiger partial charge < -0.3 is 24.4 Å². The molecule has 116 valence electrons. The third kappa shape index (κ3) is 4.34. The second kappa shape index (κ2) is 7.85. The lowest BCUT2D eigenvalue weighted by Crippen LogP contribution is -2.44. The summed E-state index contributed by atoms with van der Waals surface area (Å²) in [4.78, 5) is 13.8. The van der Waals surface area contributed by atoms with E-state index in [2.05, 4.69) is 5.32 Å². The van der Waals surface area contributed by atoms with Crippen molar-refractivity contribution in [2.24, 2.45) is 0 Å². The Labute approximate surface area is 125 Å². The first-order valence-electron chi connectivity index (χ1n) is 7.01. The first-order chi connectivity index (χ1) is 10.2. The van der Waals surface area contributed by atoms with E-state index >= 15 is 0 Å². The number of benzene rings is 1. The molecule has 0 unspecified atom stereocenters. The van der Waals surface area contributed by atoms with Gasteiger partial charge in [-0.15, -0.1) is 0 Å². The molecule has 0 aromatic heterocycles. The van der Waals surface area contributed by atoms with Gasteiger partial charge >= 0.3 is 0 Å². The van der Waals surface area contributed by atoms with Gasteiger partial charge in [-0.25, -0.2) is 0 Å². The number of rotatable bonds is 6. The number of nitrogens with one attached hydrogen (secondary N) is 1. The van der Waals surface area contributed by atoms with Gasteiger partial charge in [-0.1, -0.05) is 6.07 Å². The van der Waals surface area contributed by atoms with Crippen molar-refractivity contribution < 1.29 is 19.0 Å². The Morgan fingerprint density at radius 1 is 1.29 bits per heavy atom. The van der Waals surface area contributed by atoms with Gasteiger partial charge in [0.25, 0.3) is 0 Å². The molecule has 1 aliphatic heterocycles. The van der Waals surface area contributed by atoms with Crippen molar-refractivity contribution in [2.75, 3.05) is 47.1 Å². The van der Waals surface area contributed by atoms with Crippen LogP contribution in [0.2, 0.25) is 0 Å². The molecule has 1 aromatic carbocycles. The number of ether oxygens (including phenoxy) is 3. The van der Waals surface area contributed by atoms with E-state index in [0.717, 1.165) is 17.1 Å². The Morgan fingerprint density at radius 3 is 2.71 bits per heavy atom. The molecule has 0 radical (unpaired) electrons. The summed E-state index contributed by atoms with van der Waals surface area (Å²) < 4.78 is 15.7. The topological polar surface area (TPSA) is 60.0 Å². The van der Waals surface area contributed by atoms with Crippen LogP contribution in [0.25, 0.3) is 0 Å². The largest absolute Gasteiger partial charge is 0.497 e. The third-order valence-corrected chi connectivity index (χ3v) is 3.45. The van der Waals surface area contributed by atoms with Crippen LogP contribution in [0.5, 0.6) is 11.5 Å². The van der Waals surface area contributed by atoms with E-state index in [1.807, 2.05) is 23.1 Å². The van der Waals surface area contributed by atoms with Gasteiger partial charge in [-0.05, 0) is 6.07 Å². The van der Waals surface area contributed by atoms with E-state index in [4.69, 9.17) is 14.2 Å². The molecule has 1 N–H and O–H groups in total. The maximum Gasteiger partial charge on any atom is 0.236 e. The molecule has 21 heavy (non-hydrogen) atoms. The van der Waals surface area contributed by atoms with Gasteiger partial charge in [0.2, 0.25) is 5.91 Å². The van der Waals surface area contributed by atoms with Crippen LogP contribution in [0.1, 0.15) is 5.56 Å². The highest BCUT2D eigenvalue weighted by Crippen LogP contribution is 2.24. The lowest BCUT2D eigenvalue weighted by molar-refractivity contribution is -0.134. The molecule has 0 bridgehead atoms. The van der Waals surface area contributed by atoms with Crippen molar-refractivity contribution in [1.29, 1.82) is 0 Å². The fourth-order valence-electron chi connectivity index (χ4n) is 2.23. The summed E-state index contributed by atoms with van der Waals surface area (Å²) in [6.45, 7) is 3.48. The summed E-state index contributed by atoms with van der Waals surface area (Å²) >= 11 is 0. The zero-order valence-corrected chi connectivity index (χ0v) is 12.6. The van der Waals surface area contributed by atoms with Crippen LogP contribution in [0.15, 0.2) is 18.2 Å². The summed E-state index contributed by atoms with van der Waals surface area (Å²) in [5, 5.41) is 3.16. The van der Waals surface area contributed by atoms with Crippen LogP contribution in [-0.2, 0) is 16.1 Å². The molecule has 1 aromatic rings. The molecule has 2 rings (SSSR count). The molecule has 0 spiro atoms. The lowest BCUT2D eigenvalue weighted by Gasteiger charge is -2.27. The van der Waals surface area contributed by atoms with Crippen LogP contribution in [-0.4, -0.2) is 57.9 Å². The van der Waals surface area contributed by atoms with E-state index in [0.29, 0.717) is 39.4 Å². The average molecular weight is 294 g/mol. The van der Waals surface area contributed by atoms with Gasteiger partial charge in [0, 0.05) is 31.3 Å². The number of hydrogen-bond donors (Lipinski definition) is 1. The number of carbonyl (C=O) groups is 1. The SMILES string of the molecule is COc1ccc(CNCC(=O)N2CCOCC2)c(OC)c1. The maximum absolute atomic E-state index is 12.0. The molecular formula is C15H22N2O4. The Morgan fingerprint density at radius 2 is 2.05 bits per heavy atom. The Kier molecular flexibility index (Phi) is 5.83. The van der Waals surface area contributed by atoms with Gasteiger partial charge in [-0.3, -0.25) is 4.79 Å². The van der Waals surface area contributed by atoms with Crippen LogP contribution in [0.4, 0.5) is 0 Å². The summed E-state index contributed by atoms with van der Waals surface area (Å²) in [6.07, 6.45) is 0. The first-order valence-corrected chi connectivity index (χ1v) is 7.01. The summed E-state index contributed by atoms with van der Waals surface area (Å²) in [7, 11) is 3.24. The third-order valence-electron chi connectivity index (χ3n) is 3.45. The number of nitrogens with zero attached hydrogens (tertiary/aromatic N) is 1. The molecule has 1 saturated heterocycles. The van der Waals surface area contributed by atoms with Crippen molar-refractivity contribution in [3.05, 3.63) is 23.8 Å². The average Bonchev–Trinajstić information content (AvgIpc) is 2.55. The van der Waals surface area contributed by atoms with Crippen LogP contribution in [0.3, 0.4) is 0 Å². The predicted octanol–water partition coefficient (Wildman–Crippen LogP) is 0.652. The Hall–Kier alpha value is -1.79. The molecular weight excluding hydrogens is 272 g/mol. The number of morpholine rings is 1. The van der Waals surface area contributed by atoms with Crippen molar-refractivity contribution >= 4 is 5.91 Å². The molecule has 0 atom stereocenters. The number of methoxy groups -OCH3 is 2. The highest BCUT2D eigenvalue weighted by Gasteiger charge is 2.16. The second-order valence-corrected chi connectivity index (χ2v) is 4.77. The minimum atomic E-state index is 0.103. The van der Waals surface area contributed by atoms with E-state index in [-0.39, 0.29) is 5.91 Å². The van der Waals surface area contributed by atoms with Gasteiger partial charge in [0.15, 0.2) is 0 Å². The number of amides is 1. The standard InChI is InChI=1S/C15H22N2O4/c1-19-13-4-3-12(14(9-13)20-2)10-16-11-15(18)17-5-7-21-8-6-17/h3-4,9,16H,5-8,10-11H2,1-2H3. The Balaban J connectivity index is 1.83. The minimum Gasteiger partial charge on any atom is -0.497 e. The van der Waals surface area contributed by atoms with E-state index in [9.17, 15) is 4.79 Å². The van der Waals surface area contributed by atoms with Crippen LogP contribution >= 0.6 is 0 Å². The number of carbonyl (C=O) groups excluding carboxylic acids is 1. The minimum absolute atomic E-state index is 0.103. The highest BCUT2D eigenvalue weighted by atomic mass is 16.5.